The van der Waals surface area contributed by atoms with Gasteiger partial charge in [0.15, 0.2) is 0 Å². The highest BCUT2D eigenvalue weighted by Crippen LogP contribution is 2.31. The number of rotatable bonds is 4. The van der Waals surface area contributed by atoms with Gasteiger partial charge in [-0.1, -0.05) is 38.0 Å². The monoisotopic (exact) mass is 220 g/mol. The molecule has 0 radical (unpaired) electrons. The minimum absolute atomic E-state index is 0.276. The molecule has 0 spiro atoms. The SMILES string of the molecule is CCCCC(O)c1cc2ccccc2s1. The number of unbranched alkanes of at least 4 members (excludes halogenated alkanes) is 1. The third kappa shape index (κ3) is 2.39. The third-order valence-corrected chi connectivity index (χ3v) is 3.82. The van der Waals surface area contributed by atoms with Gasteiger partial charge in [0.2, 0.25) is 0 Å². The van der Waals surface area contributed by atoms with E-state index in [1.165, 1.54) is 10.1 Å². The lowest BCUT2D eigenvalue weighted by Crippen LogP contribution is -1.93. The molecule has 0 aliphatic carbocycles. The van der Waals surface area contributed by atoms with Crippen LogP contribution in [0.4, 0.5) is 0 Å². The van der Waals surface area contributed by atoms with Gasteiger partial charge in [-0.15, -0.1) is 11.3 Å². The van der Waals surface area contributed by atoms with Crippen molar-refractivity contribution < 1.29 is 5.11 Å². The first-order valence-corrected chi connectivity index (χ1v) is 6.29. The number of fused-ring (bicyclic) bond motifs is 1. The Hall–Kier alpha value is -0.860. The fourth-order valence-electron chi connectivity index (χ4n) is 1.71. The smallest absolute Gasteiger partial charge is 0.0882 e. The lowest BCUT2D eigenvalue weighted by atomic mass is 10.1. The van der Waals surface area contributed by atoms with Gasteiger partial charge < -0.3 is 5.11 Å². The van der Waals surface area contributed by atoms with Gasteiger partial charge in [0.1, 0.15) is 0 Å². The summed E-state index contributed by atoms with van der Waals surface area (Å²) in [7, 11) is 0. The van der Waals surface area contributed by atoms with Crippen LogP contribution in [-0.4, -0.2) is 5.11 Å². The largest absolute Gasteiger partial charge is 0.388 e. The Bertz CT molecular complexity index is 400. The van der Waals surface area contributed by atoms with Gasteiger partial charge in [0, 0.05) is 9.58 Å². The summed E-state index contributed by atoms with van der Waals surface area (Å²) in [4.78, 5) is 1.10. The number of hydrogen-bond donors (Lipinski definition) is 1. The minimum atomic E-state index is -0.276. The van der Waals surface area contributed by atoms with Crippen LogP contribution in [0.25, 0.3) is 10.1 Å². The van der Waals surface area contributed by atoms with E-state index in [0.717, 1.165) is 24.1 Å². The van der Waals surface area contributed by atoms with E-state index in [9.17, 15) is 5.11 Å². The topological polar surface area (TPSA) is 20.2 Å². The molecule has 1 unspecified atom stereocenters. The molecule has 0 saturated heterocycles. The second kappa shape index (κ2) is 4.77. The van der Waals surface area contributed by atoms with Crippen LogP contribution in [0.5, 0.6) is 0 Å². The molecule has 0 aliphatic heterocycles. The summed E-state index contributed by atoms with van der Waals surface area (Å²) in [5, 5.41) is 11.2. The van der Waals surface area contributed by atoms with Crippen molar-refractivity contribution >= 4 is 21.4 Å². The first-order chi connectivity index (χ1) is 7.31. The van der Waals surface area contributed by atoms with Crippen LogP contribution >= 0.6 is 11.3 Å². The number of aliphatic hydroxyl groups is 1. The van der Waals surface area contributed by atoms with Crippen molar-refractivity contribution in [3.8, 4) is 0 Å². The highest BCUT2D eigenvalue weighted by atomic mass is 32.1. The molecule has 0 saturated carbocycles. The van der Waals surface area contributed by atoms with Crippen molar-refractivity contribution in [1.82, 2.24) is 0 Å². The molecule has 2 heteroatoms. The lowest BCUT2D eigenvalue weighted by molar-refractivity contribution is 0.168. The molecule has 0 amide bonds. The summed E-state index contributed by atoms with van der Waals surface area (Å²) in [6.07, 6.45) is 2.84. The molecule has 15 heavy (non-hydrogen) atoms. The van der Waals surface area contributed by atoms with E-state index in [-0.39, 0.29) is 6.10 Å². The van der Waals surface area contributed by atoms with Crippen molar-refractivity contribution in [2.24, 2.45) is 0 Å². The van der Waals surface area contributed by atoms with Gasteiger partial charge in [-0.3, -0.25) is 0 Å². The minimum Gasteiger partial charge on any atom is -0.388 e. The number of benzene rings is 1. The van der Waals surface area contributed by atoms with Crippen LogP contribution in [0.2, 0.25) is 0 Å². The van der Waals surface area contributed by atoms with Crippen LogP contribution in [0, 0.1) is 0 Å². The Morgan fingerprint density at radius 1 is 1.33 bits per heavy atom. The second-order valence-corrected chi connectivity index (χ2v) is 4.96. The second-order valence-electron chi connectivity index (χ2n) is 3.84. The molecule has 0 aliphatic rings. The average molecular weight is 220 g/mol. The van der Waals surface area contributed by atoms with Crippen molar-refractivity contribution in [3.05, 3.63) is 35.2 Å². The van der Waals surface area contributed by atoms with Crippen LogP contribution in [-0.2, 0) is 0 Å². The van der Waals surface area contributed by atoms with Crippen LogP contribution in [0.3, 0.4) is 0 Å². The normalized spacial score (nSPS) is 13.2. The summed E-state index contributed by atoms with van der Waals surface area (Å²) in [5.41, 5.74) is 0. The summed E-state index contributed by atoms with van der Waals surface area (Å²) in [5.74, 6) is 0. The van der Waals surface area contributed by atoms with E-state index in [4.69, 9.17) is 0 Å². The fourth-order valence-corrected chi connectivity index (χ4v) is 2.79. The molecule has 1 nitrogen and oxygen atoms in total. The van der Waals surface area contributed by atoms with Gasteiger partial charge in [0.05, 0.1) is 6.10 Å². The maximum absolute atomic E-state index is 9.96. The Labute approximate surface area is 94.4 Å². The summed E-state index contributed by atoms with van der Waals surface area (Å²) < 4.78 is 1.27. The van der Waals surface area contributed by atoms with Gasteiger partial charge in [-0.2, -0.15) is 0 Å². The highest BCUT2D eigenvalue weighted by molar-refractivity contribution is 7.19. The number of thiophene rings is 1. The third-order valence-electron chi connectivity index (χ3n) is 2.60. The van der Waals surface area contributed by atoms with Crippen molar-refractivity contribution in [2.75, 3.05) is 0 Å². The van der Waals surface area contributed by atoms with E-state index in [2.05, 4.69) is 25.1 Å². The zero-order valence-electron chi connectivity index (χ0n) is 8.94. The quantitative estimate of drug-likeness (QED) is 0.821. The van der Waals surface area contributed by atoms with E-state index in [1.54, 1.807) is 11.3 Å². The Morgan fingerprint density at radius 3 is 2.87 bits per heavy atom. The Balaban J connectivity index is 2.20. The predicted molar refractivity (Wildman–Crippen MR) is 66.3 cm³/mol. The summed E-state index contributed by atoms with van der Waals surface area (Å²) in [6, 6.07) is 10.4. The van der Waals surface area contributed by atoms with Gasteiger partial charge in [-0.25, -0.2) is 0 Å². The zero-order chi connectivity index (χ0) is 10.7. The molecule has 1 aromatic heterocycles. The van der Waals surface area contributed by atoms with Gasteiger partial charge >= 0.3 is 0 Å². The molecule has 1 N–H and O–H groups in total. The standard InChI is InChI=1S/C13H16OS/c1-2-3-7-11(14)13-9-10-6-4-5-8-12(10)15-13/h4-6,8-9,11,14H,2-3,7H2,1H3. The molecular formula is C13H16OS. The maximum atomic E-state index is 9.96. The van der Waals surface area contributed by atoms with Crippen LogP contribution < -0.4 is 0 Å². The Morgan fingerprint density at radius 2 is 2.13 bits per heavy atom. The van der Waals surface area contributed by atoms with Gasteiger partial charge in [-0.05, 0) is 23.9 Å². The molecular weight excluding hydrogens is 204 g/mol. The molecule has 0 fully saturated rings. The number of hydrogen-bond acceptors (Lipinski definition) is 2. The summed E-state index contributed by atoms with van der Waals surface area (Å²) in [6.45, 7) is 2.15. The first kappa shape index (κ1) is 10.7. The zero-order valence-corrected chi connectivity index (χ0v) is 9.76. The number of aliphatic hydroxyl groups excluding tert-OH is 1. The highest BCUT2D eigenvalue weighted by Gasteiger charge is 2.10. The van der Waals surface area contributed by atoms with Crippen LogP contribution in [0.15, 0.2) is 30.3 Å². The predicted octanol–water partition coefficient (Wildman–Crippen LogP) is 4.12. The molecule has 1 heterocycles. The molecule has 0 bridgehead atoms. The van der Waals surface area contributed by atoms with Crippen molar-refractivity contribution in [2.45, 2.75) is 32.3 Å². The molecule has 2 aromatic rings. The average Bonchev–Trinajstić information content (AvgIpc) is 2.69. The molecule has 80 valence electrons. The fraction of sp³-hybridized carbons (Fsp3) is 0.385. The van der Waals surface area contributed by atoms with Crippen molar-refractivity contribution in [3.63, 3.8) is 0 Å². The van der Waals surface area contributed by atoms with E-state index in [1.807, 2.05) is 12.1 Å². The maximum Gasteiger partial charge on any atom is 0.0882 e. The molecule has 1 atom stereocenters. The van der Waals surface area contributed by atoms with Crippen molar-refractivity contribution in [1.29, 1.82) is 0 Å². The van der Waals surface area contributed by atoms with Gasteiger partial charge in [0.25, 0.3) is 0 Å². The van der Waals surface area contributed by atoms with Crippen LogP contribution in [0.1, 0.15) is 37.2 Å². The first-order valence-electron chi connectivity index (χ1n) is 5.48. The van der Waals surface area contributed by atoms with E-state index >= 15 is 0 Å². The van der Waals surface area contributed by atoms with E-state index in [0.29, 0.717) is 0 Å². The van der Waals surface area contributed by atoms with E-state index < -0.39 is 0 Å². The molecule has 2 rings (SSSR count). The Kier molecular flexibility index (Phi) is 3.39. The lowest BCUT2D eigenvalue weighted by Gasteiger charge is -2.05. The molecule has 1 aromatic carbocycles. The summed E-state index contributed by atoms with van der Waals surface area (Å²) >= 11 is 1.71.